The molecule has 3 aromatic heterocycles. The normalized spacial score (nSPS) is 10.9. The smallest absolute Gasteiger partial charge is 0.155 e. The summed E-state index contributed by atoms with van der Waals surface area (Å²) in [6.45, 7) is 5.92. The van der Waals surface area contributed by atoms with E-state index in [9.17, 15) is 0 Å². The Hall–Kier alpha value is -2.56. The van der Waals surface area contributed by atoms with Gasteiger partial charge in [-0.15, -0.1) is 0 Å². The minimum atomic E-state index is 0.441. The standard InChI is InChI=1S/C15H16N4O/c1-8-9(2)20-10(3)12(8)14-13(15(16)19-18-14)11-6-4-5-7-17-11/h4-7H,1-3H3,(H3,16,18,19). The molecule has 3 N–H and O–H groups in total. The Labute approximate surface area is 116 Å². The van der Waals surface area contributed by atoms with E-state index in [0.29, 0.717) is 5.82 Å². The van der Waals surface area contributed by atoms with Gasteiger partial charge in [0.2, 0.25) is 0 Å². The molecular formula is C15H16N4O. The molecule has 0 saturated heterocycles. The minimum Gasteiger partial charge on any atom is -0.466 e. The topological polar surface area (TPSA) is 80.7 Å². The van der Waals surface area contributed by atoms with Gasteiger partial charge in [-0.25, -0.2) is 0 Å². The van der Waals surface area contributed by atoms with Crippen LogP contribution in [0.25, 0.3) is 22.5 Å². The van der Waals surface area contributed by atoms with E-state index in [1.807, 2.05) is 39.0 Å². The number of nitrogen functional groups attached to an aromatic ring is 1. The lowest BCUT2D eigenvalue weighted by molar-refractivity contribution is 0.503. The van der Waals surface area contributed by atoms with E-state index in [1.54, 1.807) is 6.20 Å². The van der Waals surface area contributed by atoms with Crippen LogP contribution in [0.15, 0.2) is 28.8 Å². The van der Waals surface area contributed by atoms with Crippen LogP contribution in [0, 0.1) is 20.8 Å². The third kappa shape index (κ3) is 1.79. The molecule has 0 aliphatic carbocycles. The van der Waals surface area contributed by atoms with Crippen LogP contribution in [0.3, 0.4) is 0 Å². The van der Waals surface area contributed by atoms with E-state index in [0.717, 1.165) is 39.6 Å². The Balaban J connectivity index is 2.27. The van der Waals surface area contributed by atoms with E-state index < -0.39 is 0 Å². The number of anilines is 1. The van der Waals surface area contributed by atoms with Crippen LogP contribution in [0.5, 0.6) is 0 Å². The summed E-state index contributed by atoms with van der Waals surface area (Å²) in [5, 5.41) is 7.14. The number of aromatic nitrogens is 3. The molecule has 0 aliphatic rings. The lowest BCUT2D eigenvalue weighted by Crippen LogP contribution is -1.91. The van der Waals surface area contributed by atoms with Crippen LogP contribution in [0.1, 0.15) is 17.1 Å². The Morgan fingerprint density at radius 1 is 1.10 bits per heavy atom. The van der Waals surface area contributed by atoms with Crippen molar-refractivity contribution in [3.05, 3.63) is 41.5 Å². The SMILES string of the molecule is Cc1oc(C)c(-c2[nH]nc(N)c2-c2ccccn2)c1C. The maximum absolute atomic E-state index is 6.00. The molecule has 0 unspecified atom stereocenters. The molecule has 20 heavy (non-hydrogen) atoms. The van der Waals surface area contributed by atoms with Crippen LogP contribution in [0.2, 0.25) is 0 Å². The molecule has 5 nitrogen and oxygen atoms in total. The first-order chi connectivity index (χ1) is 9.59. The van der Waals surface area contributed by atoms with E-state index in [4.69, 9.17) is 10.2 Å². The van der Waals surface area contributed by atoms with Gasteiger partial charge in [-0.2, -0.15) is 5.10 Å². The van der Waals surface area contributed by atoms with Crippen molar-refractivity contribution in [2.75, 3.05) is 5.73 Å². The Morgan fingerprint density at radius 3 is 2.50 bits per heavy atom. The van der Waals surface area contributed by atoms with Crippen molar-refractivity contribution in [3.63, 3.8) is 0 Å². The molecule has 3 aromatic rings. The van der Waals surface area contributed by atoms with Crippen LogP contribution in [-0.2, 0) is 0 Å². The number of nitrogens with one attached hydrogen (secondary N) is 1. The second-order valence-electron chi connectivity index (χ2n) is 4.79. The van der Waals surface area contributed by atoms with Gasteiger partial charge >= 0.3 is 0 Å². The highest BCUT2D eigenvalue weighted by Crippen LogP contribution is 2.38. The maximum atomic E-state index is 6.00. The molecule has 102 valence electrons. The van der Waals surface area contributed by atoms with Gasteiger partial charge in [0.1, 0.15) is 11.5 Å². The van der Waals surface area contributed by atoms with Gasteiger partial charge in [0.15, 0.2) is 5.82 Å². The largest absolute Gasteiger partial charge is 0.466 e. The second-order valence-corrected chi connectivity index (χ2v) is 4.79. The number of rotatable bonds is 2. The summed E-state index contributed by atoms with van der Waals surface area (Å²) in [6.07, 6.45) is 1.74. The van der Waals surface area contributed by atoms with Crippen LogP contribution in [-0.4, -0.2) is 15.2 Å². The van der Waals surface area contributed by atoms with Gasteiger partial charge in [-0.3, -0.25) is 10.1 Å². The van der Waals surface area contributed by atoms with Crippen LogP contribution >= 0.6 is 0 Å². The zero-order valence-electron chi connectivity index (χ0n) is 11.7. The zero-order chi connectivity index (χ0) is 14.3. The van der Waals surface area contributed by atoms with Crippen molar-refractivity contribution in [3.8, 4) is 22.5 Å². The molecule has 3 heterocycles. The number of nitrogens with two attached hydrogens (primary N) is 1. The van der Waals surface area contributed by atoms with Crippen molar-refractivity contribution in [1.82, 2.24) is 15.2 Å². The molecule has 0 amide bonds. The number of hydrogen-bond acceptors (Lipinski definition) is 4. The molecule has 0 bridgehead atoms. The number of furan rings is 1. The fourth-order valence-corrected chi connectivity index (χ4v) is 2.47. The second kappa shape index (κ2) is 4.52. The first-order valence-corrected chi connectivity index (χ1v) is 6.41. The molecule has 0 atom stereocenters. The highest BCUT2D eigenvalue weighted by atomic mass is 16.3. The molecule has 0 spiro atoms. The van der Waals surface area contributed by atoms with E-state index in [1.165, 1.54) is 0 Å². The summed E-state index contributed by atoms with van der Waals surface area (Å²) in [6, 6.07) is 5.72. The van der Waals surface area contributed by atoms with Crippen molar-refractivity contribution in [2.45, 2.75) is 20.8 Å². The zero-order valence-corrected chi connectivity index (χ0v) is 11.7. The molecule has 0 saturated carbocycles. The van der Waals surface area contributed by atoms with Gasteiger partial charge in [0.25, 0.3) is 0 Å². The average Bonchev–Trinajstić information content (AvgIpc) is 2.92. The first kappa shape index (κ1) is 12.5. The summed E-state index contributed by atoms with van der Waals surface area (Å²) in [5.74, 6) is 2.19. The highest BCUT2D eigenvalue weighted by molar-refractivity contribution is 5.88. The monoisotopic (exact) mass is 268 g/mol. The van der Waals surface area contributed by atoms with Crippen molar-refractivity contribution >= 4 is 5.82 Å². The Bertz CT molecular complexity index is 756. The lowest BCUT2D eigenvalue weighted by atomic mass is 10.0. The quantitative estimate of drug-likeness (QED) is 0.747. The lowest BCUT2D eigenvalue weighted by Gasteiger charge is -2.04. The summed E-state index contributed by atoms with van der Waals surface area (Å²) < 4.78 is 5.69. The molecule has 0 radical (unpaired) electrons. The van der Waals surface area contributed by atoms with E-state index in [2.05, 4.69) is 15.2 Å². The number of nitrogens with zero attached hydrogens (tertiary/aromatic N) is 2. The molecular weight excluding hydrogens is 252 g/mol. The predicted octanol–water partition coefficient (Wildman–Crippen LogP) is 3.24. The van der Waals surface area contributed by atoms with Gasteiger partial charge < -0.3 is 10.2 Å². The summed E-state index contributed by atoms with van der Waals surface area (Å²) >= 11 is 0. The molecule has 0 aliphatic heterocycles. The van der Waals surface area contributed by atoms with Gasteiger partial charge in [0, 0.05) is 11.8 Å². The molecule has 0 fully saturated rings. The van der Waals surface area contributed by atoms with E-state index >= 15 is 0 Å². The molecule has 0 aromatic carbocycles. The van der Waals surface area contributed by atoms with E-state index in [-0.39, 0.29) is 0 Å². The number of H-pyrrole nitrogens is 1. The van der Waals surface area contributed by atoms with Crippen molar-refractivity contribution in [2.24, 2.45) is 0 Å². The number of aryl methyl sites for hydroxylation is 2. The third-order valence-corrected chi connectivity index (χ3v) is 3.53. The fourth-order valence-electron chi connectivity index (χ4n) is 2.47. The van der Waals surface area contributed by atoms with Crippen LogP contribution in [0.4, 0.5) is 5.82 Å². The number of pyridine rings is 1. The average molecular weight is 268 g/mol. The molecule has 5 heteroatoms. The van der Waals surface area contributed by atoms with Gasteiger partial charge in [-0.05, 0) is 38.5 Å². The molecule has 3 rings (SSSR count). The fraction of sp³-hybridized carbons (Fsp3) is 0.200. The van der Waals surface area contributed by atoms with Crippen LogP contribution < -0.4 is 5.73 Å². The van der Waals surface area contributed by atoms with Crippen molar-refractivity contribution < 1.29 is 4.42 Å². The number of aromatic amines is 1. The Morgan fingerprint density at radius 2 is 1.90 bits per heavy atom. The van der Waals surface area contributed by atoms with Gasteiger partial charge in [-0.1, -0.05) is 6.07 Å². The van der Waals surface area contributed by atoms with Crippen molar-refractivity contribution in [1.29, 1.82) is 0 Å². The minimum absolute atomic E-state index is 0.441. The summed E-state index contributed by atoms with van der Waals surface area (Å²) in [5.41, 5.74) is 10.6. The highest BCUT2D eigenvalue weighted by Gasteiger charge is 2.21. The maximum Gasteiger partial charge on any atom is 0.155 e. The Kier molecular flexibility index (Phi) is 2.82. The third-order valence-electron chi connectivity index (χ3n) is 3.53. The van der Waals surface area contributed by atoms with Gasteiger partial charge in [0.05, 0.1) is 17.0 Å². The number of hydrogen-bond donors (Lipinski definition) is 2. The first-order valence-electron chi connectivity index (χ1n) is 6.41. The summed E-state index contributed by atoms with van der Waals surface area (Å²) in [7, 11) is 0. The predicted molar refractivity (Wildman–Crippen MR) is 78.1 cm³/mol. The summed E-state index contributed by atoms with van der Waals surface area (Å²) in [4.78, 5) is 4.36.